The topological polar surface area (TPSA) is 111 Å². The smallest absolute Gasteiger partial charge is 0.335 e. The van der Waals surface area contributed by atoms with Crippen LogP contribution >= 0.6 is 11.8 Å². The molecule has 3 aromatic rings. The second-order valence-electron chi connectivity index (χ2n) is 9.00. The summed E-state index contributed by atoms with van der Waals surface area (Å²) in [5.74, 6) is -2.20. The lowest BCUT2D eigenvalue weighted by Crippen LogP contribution is -2.25. The van der Waals surface area contributed by atoms with Crippen molar-refractivity contribution in [3.05, 3.63) is 101 Å². The number of amidine groups is 1. The average Bonchev–Trinajstić information content (AvgIpc) is 3.49. The third kappa shape index (κ3) is 5.50. The number of hydrogen-bond acceptors (Lipinski definition) is 6. The largest absolute Gasteiger partial charge is 0.478 e. The number of thioether (sulfide) groups is 1. The SMILES string of the molecule is Cc1ccc([C@H]2CC(c3ccc(F)cc3)=NN2C2=NC(=O)[C@@H](CC(=O)Nc3ccc(C(=O)O)cc3)S2)cc1. The maximum Gasteiger partial charge on any atom is 0.335 e. The monoisotopic (exact) mass is 530 g/mol. The van der Waals surface area contributed by atoms with Crippen LogP contribution in [0.1, 0.15) is 45.9 Å². The van der Waals surface area contributed by atoms with E-state index in [0.717, 1.165) is 22.4 Å². The fourth-order valence-corrected chi connectivity index (χ4v) is 5.29. The Morgan fingerprint density at radius 3 is 2.39 bits per heavy atom. The molecule has 2 amide bonds. The number of rotatable bonds is 6. The zero-order valence-electron chi connectivity index (χ0n) is 20.3. The number of nitrogens with zero attached hydrogens (tertiary/aromatic N) is 3. The van der Waals surface area contributed by atoms with Crippen LogP contribution in [-0.2, 0) is 9.59 Å². The number of carbonyl (C=O) groups is 3. The van der Waals surface area contributed by atoms with E-state index >= 15 is 0 Å². The van der Waals surface area contributed by atoms with Crippen LogP contribution in [0.25, 0.3) is 0 Å². The van der Waals surface area contributed by atoms with Gasteiger partial charge in [-0.05, 0) is 54.4 Å². The Labute approximate surface area is 222 Å². The molecule has 10 heteroatoms. The van der Waals surface area contributed by atoms with Crippen LogP contribution in [-0.4, -0.2) is 44.0 Å². The Hall–Kier alpha value is -4.31. The number of aromatic carboxylic acids is 1. The summed E-state index contributed by atoms with van der Waals surface area (Å²) in [6.07, 6.45) is 0.439. The lowest BCUT2D eigenvalue weighted by Gasteiger charge is -2.23. The van der Waals surface area contributed by atoms with Gasteiger partial charge in [-0.25, -0.2) is 14.2 Å². The summed E-state index contributed by atoms with van der Waals surface area (Å²) in [6, 6.07) is 19.7. The molecule has 0 spiro atoms. The van der Waals surface area contributed by atoms with E-state index in [-0.39, 0.29) is 29.8 Å². The van der Waals surface area contributed by atoms with Gasteiger partial charge in [0.15, 0.2) is 5.17 Å². The number of carboxylic acid groups (broad SMARTS) is 1. The minimum absolute atomic E-state index is 0.102. The van der Waals surface area contributed by atoms with Gasteiger partial charge >= 0.3 is 5.97 Å². The highest BCUT2D eigenvalue weighted by Gasteiger charge is 2.39. The van der Waals surface area contributed by atoms with Gasteiger partial charge in [-0.3, -0.25) is 9.59 Å². The number of aryl methyl sites for hydroxylation is 1. The first-order valence-corrected chi connectivity index (χ1v) is 12.8. The van der Waals surface area contributed by atoms with Gasteiger partial charge in [-0.1, -0.05) is 53.7 Å². The van der Waals surface area contributed by atoms with Crippen molar-refractivity contribution >= 4 is 46.1 Å². The highest BCUT2D eigenvalue weighted by Crippen LogP contribution is 2.38. The first-order chi connectivity index (χ1) is 18.3. The Kier molecular flexibility index (Phi) is 7.06. The molecule has 0 bridgehead atoms. The second-order valence-corrected chi connectivity index (χ2v) is 10.2. The summed E-state index contributed by atoms with van der Waals surface area (Å²) in [7, 11) is 0. The molecule has 3 aromatic carbocycles. The molecule has 0 unspecified atom stereocenters. The molecule has 8 nitrogen and oxygen atoms in total. The molecule has 2 heterocycles. The van der Waals surface area contributed by atoms with Gasteiger partial charge < -0.3 is 10.4 Å². The number of amides is 2. The van der Waals surface area contributed by atoms with Crippen LogP contribution < -0.4 is 5.32 Å². The van der Waals surface area contributed by atoms with Gasteiger partial charge in [0.1, 0.15) is 11.1 Å². The van der Waals surface area contributed by atoms with Crippen LogP contribution in [0, 0.1) is 12.7 Å². The molecular formula is C28H23FN4O4S. The third-order valence-corrected chi connectivity index (χ3v) is 7.40. The van der Waals surface area contributed by atoms with Crippen LogP contribution in [0.15, 0.2) is 82.9 Å². The summed E-state index contributed by atoms with van der Waals surface area (Å²) in [5.41, 5.74) is 4.19. The maximum absolute atomic E-state index is 13.5. The molecular weight excluding hydrogens is 507 g/mol. The number of nitrogens with one attached hydrogen (secondary N) is 1. The normalized spacial score (nSPS) is 18.8. The minimum Gasteiger partial charge on any atom is -0.478 e. The average molecular weight is 531 g/mol. The molecule has 2 N–H and O–H groups in total. The number of aliphatic imine (C=N–C) groups is 1. The first-order valence-electron chi connectivity index (χ1n) is 11.9. The lowest BCUT2D eigenvalue weighted by molar-refractivity contribution is -0.121. The summed E-state index contributed by atoms with van der Waals surface area (Å²) < 4.78 is 13.5. The van der Waals surface area contributed by atoms with Crippen LogP contribution in [0.2, 0.25) is 0 Å². The zero-order chi connectivity index (χ0) is 26.8. The number of carbonyl (C=O) groups excluding carboxylic acids is 2. The van der Waals surface area contributed by atoms with E-state index in [1.54, 1.807) is 17.1 Å². The summed E-state index contributed by atoms with van der Waals surface area (Å²) >= 11 is 1.18. The minimum atomic E-state index is -1.06. The van der Waals surface area contributed by atoms with Gasteiger partial charge in [0, 0.05) is 18.5 Å². The number of benzene rings is 3. The molecule has 2 aliphatic heterocycles. The number of hydrazone groups is 1. The van der Waals surface area contributed by atoms with E-state index in [1.165, 1.54) is 48.2 Å². The molecule has 0 aromatic heterocycles. The van der Waals surface area contributed by atoms with Gasteiger partial charge in [-0.15, -0.1) is 0 Å². The first kappa shape index (κ1) is 25.3. The maximum atomic E-state index is 13.5. The van der Waals surface area contributed by atoms with E-state index in [0.29, 0.717) is 17.3 Å². The van der Waals surface area contributed by atoms with Crippen molar-refractivity contribution in [2.45, 2.75) is 31.1 Å². The van der Waals surface area contributed by atoms with Gasteiger partial charge in [0.05, 0.1) is 17.3 Å². The molecule has 0 saturated heterocycles. The lowest BCUT2D eigenvalue weighted by atomic mass is 9.98. The molecule has 2 atom stereocenters. The van der Waals surface area contributed by atoms with Crippen LogP contribution in [0.5, 0.6) is 0 Å². The van der Waals surface area contributed by atoms with Crippen molar-refractivity contribution in [3.8, 4) is 0 Å². The van der Waals surface area contributed by atoms with Crippen molar-refractivity contribution < 1.29 is 23.9 Å². The Bertz CT molecular complexity index is 1450. The second kappa shape index (κ2) is 10.6. The van der Waals surface area contributed by atoms with E-state index in [2.05, 4.69) is 10.3 Å². The molecule has 5 rings (SSSR count). The van der Waals surface area contributed by atoms with Crippen LogP contribution in [0.3, 0.4) is 0 Å². The van der Waals surface area contributed by atoms with Crippen molar-refractivity contribution in [2.75, 3.05) is 5.32 Å². The zero-order valence-corrected chi connectivity index (χ0v) is 21.1. The summed E-state index contributed by atoms with van der Waals surface area (Å²) in [4.78, 5) is 40.6. The van der Waals surface area contributed by atoms with Crippen molar-refractivity contribution in [1.82, 2.24) is 5.01 Å². The number of hydrogen-bond donors (Lipinski definition) is 2. The van der Waals surface area contributed by atoms with E-state index in [4.69, 9.17) is 10.2 Å². The third-order valence-electron chi connectivity index (χ3n) is 6.26. The number of anilines is 1. The molecule has 0 radical (unpaired) electrons. The summed E-state index contributed by atoms with van der Waals surface area (Å²) in [5, 5.41) is 17.9. The Balaban J connectivity index is 1.32. The van der Waals surface area contributed by atoms with E-state index in [1.807, 2.05) is 31.2 Å². The molecule has 0 saturated carbocycles. The number of halogens is 1. The highest BCUT2D eigenvalue weighted by molar-refractivity contribution is 8.15. The van der Waals surface area contributed by atoms with Crippen molar-refractivity contribution in [2.24, 2.45) is 10.1 Å². The van der Waals surface area contributed by atoms with Crippen molar-refractivity contribution in [3.63, 3.8) is 0 Å². The van der Waals surface area contributed by atoms with Crippen molar-refractivity contribution in [1.29, 1.82) is 0 Å². The fraction of sp³-hybridized carbons (Fsp3) is 0.179. The molecule has 2 aliphatic rings. The predicted molar refractivity (Wildman–Crippen MR) is 144 cm³/mol. The van der Waals surface area contributed by atoms with Gasteiger partial charge in [0.25, 0.3) is 5.91 Å². The van der Waals surface area contributed by atoms with E-state index in [9.17, 15) is 18.8 Å². The fourth-order valence-electron chi connectivity index (χ4n) is 4.23. The van der Waals surface area contributed by atoms with E-state index < -0.39 is 17.1 Å². The number of carboxylic acids is 1. The molecule has 38 heavy (non-hydrogen) atoms. The highest BCUT2D eigenvalue weighted by atomic mass is 32.2. The van der Waals surface area contributed by atoms with Gasteiger partial charge in [-0.2, -0.15) is 10.1 Å². The summed E-state index contributed by atoms with van der Waals surface area (Å²) in [6.45, 7) is 2.00. The molecule has 0 fully saturated rings. The predicted octanol–water partition coefficient (Wildman–Crippen LogP) is 5.01. The van der Waals surface area contributed by atoms with Gasteiger partial charge in [0.2, 0.25) is 5.91 Å². The Morgan fingerprint density at radius 1 is 1.05 bits per heavy atom. The standard InChI is InChI=1S/C28H23FN4O4S/c1-16-2-4-18(5-3-16)23-14-22(17-6-10-20(29)11-7-17)32-33(23)28-31-26(35)24(38-28)15-25(34)30-21-12-8-19(9-13-21)27(36)37/h2-13,23-24H,14-15H2,1H3,(H,30,34)(H,36,37)/t23-,24-/m1/s1. The molecule has 0 aliphatic carbocycles. The molecule has 192 valence electrons. The Morgan fingerprint density at radius 2 is 1.74 bits per heavy atom. The van der Waals surface area contributed by atoms with Crippen LogP contribution in [0.4, 0.5) is 10.1 Å². The quantitative estimate of drug-likeness (QED) is 0.464.